The monoisotopic (exact) mass is 377 g/mol. The number of methoxy groups -OCH3 is 2. The third-order valence-corrected chi connectivity index (χ3v) is 3.52. The van der Waals surface area contributed by atoms with E-state index < -0.39 is 0 Å². The van der Waals surface area contributed by atoms with Gasteiger partial charge in [-0.15, -0.1) is 0 Å². The number of hydrogen-bond acceptors (Lipinski definition) is 5. The second kappa shape index (κ2) is 7.73. The summed E-state index contributed by atoms with van der Waals surface area (Å²) in [5.74, 6) is 0.956. The first-order valence-electron chi connectivity index (χ1n) is 6.72. The molecule has 0 spiro atoms. The molecule has 0 unspecified atom stereocenters. The average Bonchev–Trinajstić information content (AvgIpc) is 2.58. The third-order valence-electron chi connectivity index (χ3n) is 3.09. The molecule has 0 saturated heterocycles. The minimum absolute atomic E-state index is 0.342. The Kier molecular flexibility index (Phi) is 5.70. The van der Waals surface area contributed by atoms with E-state index in [1.165, 1.54) is 6.20 Å². The molecule has 1 aromatic carbocycles. The van der Waals surface area contributed by atoms with Crippen molar-refractivity contribution in [1.82, 2.24) is 10.4 Å². The van der Waals surface area contributed by atoms with E-state index in [0.717, 1.165) is 10.0 Å². The summed E-state index contributed by atoms with van der Waals surface area (Å²) in [7, 11) is 3.15. The summed E-state index contributed by atoms with van der Waals surface area (Å²) < 4.78 is 11.2. The highest BCUT2D eigenvalue weighted by Gasteiger charge is 2.10. The van der Waals surface area contributed by atoms with Gasteiger partial charge in [0.2, 0.25) is 0 Å². The van der Waals surface area contributed by atoms with Crippen molar-refractivity contribution >= 4 is 27.5 Å². The number of nitrogens with one attached hydrogen (secondary N) is 1. The van der Waals surface area contributed by atoms with Crippen molar-refractivity contribution in [2.75, 3.05) is 14.2 Å². The smallest absolute Gasteiger partial charge is 0.272 e. The highest BCUT2D eigenvalue weighted by atomic mass is 79.9. The number of carbonyl (C=O) groups excluding carboxylic acids is 1. The molecule has 0 aliphatic heterocycles. The number of nitrogens with zero attached hydrogens (tertiary/aromatic N) is 2. The zero-order valence-corrected chi connectivity index (χ0v) is 14.5. The molecule has 1 aromatic heterocycles. The Morgan fingerprint density at radius 2 is 2.00 bits per heavy atom. The van der Waals surface area contributed by atoms with Crippen LogP contribution in [0.1, 0.15) is 22.8 Å². The topological polar surface area (TPSA) is 72.8 Å². The standard InChI is InChI=1S/C16H16BrN3O3/c1-10(14-5-4-13(22-2)7-15(14)23-3)19-20-16(21)11-6-12(17)9-18-8-11/h4-9H,1-3H3,(H,20,21)/b19-10-. The predicted octanol–water partition coefficient (Wildman–Crippen LogP) is 3.02. The molecule has 7 heteroatoms. The summed E-state index contributed by atoms with van der Waals surface area (Å²) in [6.07, 6.45) is 3.08. The molecule has 0 atom stereocenters. The third kappa shape index (κ3) is 4.29. The molecule has 1 heterocycles. The minimum atomic E-state index is -0.342. The predicted molar refractivity (Wildman–Crippen MR) is 91.2 cm³/mol. The number of benzene rings is 1. The molecule has 0 radical (unpaired) electrons. The van der Waals surface area contributed by atoms with Crippen LogP contribution in [0, 0.1) is 0 Å². The van der Waals surface area contributed by atoms with Crippen LogP contribution in [0.2, 0.25) is 0 Å². The van der Waals surface area contributed by atoms with E-state index in [9.17, 15) is 4.79 Å². The van der Waals surface area contributed by atoms with Gasteiger partial charge in [0, 0.05) is 28.5 Å². The van der Waals surface area contributed by atoms with Crippen LogP contribution < -0.4 is 14.9 Å². The van der Waals surface area contributed by atoms with E-state index >= 15 is 0 Å². The Morgan fingerprint density at radius 1 is 1.22 bits per heavy atom. The van der Waals surface area contributed by atoms with Gasteiger partial charge in [-0.3, -0.25) is 9.78 Å². The quantitative estimate of drug-likeness (QED) is 0.641. The number of pyridine rings is 1. The summed E-state index contributed by atoms with van der Waals surface area (Å²) in [5.41, 5.74) is 4.30. The second-order valence-corrected chi connectivity index (χ2v) is 5.51. The zero-order valence-electron chi connectivity index (χ0n) is 13.0. The molecule has 0 bridgehead atoms. The van der Waals surface area contributed by atoms with E-state index in [-0.39, 0.29) is 5.91 Å². The van der Waals surface area contributed by atoms with Gasteiger partial charge < -0.3 is 9.47 Å². The van der Waals surface area contributed by atoms with Gasteiger partial charge >= 0.3 is 0 Å². The normalized spacial score (nSPS) is 11.0. The number of hydrogen-bond donors (Lipinski definition) is 1. The highest BCUT2D eigenvalue weighted by molar-refractivity contribution is 9.10. The number of aromatic nitrogens is 1. The molecule has 2 aromatic rings. The first kappa shape index (κ1) is 17.0. The lowest BCUT2D eigenvalue weighted by molar-refractivity contribution is 0.0954. The van der Waals surface area contributed by atoms with Crippen LogP contribution in [0.15, 0.2) is 46.2 Å². The maximum atomic E-state index is 12.1. The minimum Gasteiger partial charge on any atom is -0.497 e. The number of carbonyl (C=O) groups is 1. The summed E-state index contributed by atoms with van der Waals surface area (Å²) in [6.45, 7) is 1.78. The Balaban J connectivity index is 2.18. The molecular weight excluding hydrogens is 362 g/mol. The van der Waals surface area contributed by atoms with Crippen LogP contribution in [0.4, 0.5) is 0 Å². The lowest BCUT2D eigenvalue weighted by atomic mass is 10.1. The van der Waals surface area contributed by atoms with E-state index in [1.807, 2.05) is 6.07 Å². The molecule has 1 N–H and O–H groups in total. The molecule has 0 fully saturated rings. The maximum Gasteiger partial charge on any atom is 0.272 e. The van der Waals surface area contributed by atoms with Gasteiger partial charge in [-0.25, -0.2) is 5.43 Å². The van der Waals surface area contributed by atoms with E-state index in [4.69, 9.17) is 9.47 Å². The van der Waals surface area contributed by atoms with Crippen LogP contribution in [0.5, 0.6) is 11.5 Å². The van der Waals surface area contributed by atoms with Crippen molar-refractivity contribution in [3.8, 4) is 11.5 Å². The van der Waals surface area contributed by atoms with Gasteiger partial charge in [0.05, 0.1) is 25.5 Å². The highest BCUT2D eigenvalue weighted by Crippen LogP contribution is 2.25. The van der Waals surface area contributed by atoms with Crippen molar-refractivity contribution in [3.63, 3.8) is 0 Å². The van der Waals surface area contributed by atoms with Crippen molar-refractivity contribution in [2.45, 2.75) is 6.92 Å². The number of halogens is 1. The van der Waals surface area contributed by atoms with Crippen molar-refractivity contribution in [3.05, 3.63) is 52.3 Å². The van der Waals surface area contributed by atoms with Gasteiger partial charge in [0.25, 0.3) is 5.91 Å². The van der Waals surface area contributed by atoms with Crippen LogP contribution in [-0.2, 0) is 0 Å². The number of amides is 1. The molecule has 0 aliphatic rings. The fraction of sp³-hybridized carbons (Fsp3) is 0.188. The SMILES string of the molecule is COc1ccc(/C(C)=N\NC(=O)c2cncc(Br)c2)c(OC)c1. The summed E-state index contributed by atoms with van der Waals surface area (Å²) in [4.78, 5) is 16.0. The zero-order chi connectivity index (χ0) is 16.8. The van der Waals surface area contributed by atoms with Gasteiger partial charge in [-0.2, -0.15) is 5.10 Å². The van der Waals surface area contributed by atoms with Crippen LogP contribution >= 0.6 is 15.9 Å². The average molecular weight is 378 g/mol. The fourth-order valence-electron chi connectivity index (χ4n) is 1.89. The number of ether oxygens (including phenoxy) is 2. The van der Waals surface area contributed by atoms with E-state index in [2.05, 4.69) is 31.4 Å². The van der Waals surface area contributed by atoms with Crippen LogP contribution in [0.3, 0.4) is 0 Å². The van der Waals surface area contributed by atoms with Crippen molar-refractivity contribution in [2.24, 2.45) is 5.10 Å². The van der Waals surface area contributed by atoms with Gasteiger partial charge in [-0.1, -0.05) is 0 Å². The van der Waals surface area contributed by atoms with Crippen LogP contribution in [-0.4, -0.2) is 30.8 Å². The Hall–Kier alpha value is -2.41. The fourth-order valence-corrected chi connectivity index (χ4v) is 2.26. The Labute approximate surface area is 142 Å². The second-order valence-electron chi connectivity index (χ2n) is 4.60. The Bertz CT molecular complexity index is 747. The molecular formula is C16H16BrN3O3. The first-order chi connectivity index (χ1) is 11.0. The molecule has 1 amide bonds. The van der Waals surface area contributed by atoms with Gasteiger partial charge in [-0.05, 0) is 41.1 Å². The van der Waals surface area contributed by atoms with Gasteiger partial charge in [0.1, 0.15) is 11.5 Å². The molecule has 2 rings (SSSR count). The molecule has 23 heavy (non-hydrogen) atoms. The largest absolute Gasteiger partial charge is 0.497 e. The van der Waals surface area contributed by atoms with E-state index in [0.29, 0.717) is 22.8 Å². The summed E-state index contributed by atoms with van der Waals surface area (Å²) in [6, 6.07) is 7.05. The van der Waals surface area contributed by atoms with Crippen LogP contribution in [0.25, 0.3) is 0 Å². The number of hydrazone groups is 1. The lowest BCUT2D eigenvalue weighted by Crippen LogP contribution is -2.19. The maximum absolute atomic E-state index is 12.1. The molecule has 6 nitrogen and oxygen atoms in total. The van der Waals surface area contributed by atoms with E-state index in [1.54, 1.807) is 45.5 Å². The summed E-state index contributed by atoms with van der Waals surface area (Å²) >= 11 is 3.27. The number of rotatable bonds is 5. The Morgan fingerprint density at radius 3 is 2.65 bits per heavy atom. The molecule has 120 valence electrons. The first-order valence-corrected chi connectivity index (χ1v) is 7.52. The lowest BCUT2D eigenvalue weighted by Gasteiger charge is -2.10. The van der Waals surface area contributed by atoms with Crippen molar-refractivity contribution in [1.29, 1.82) is 0 Å². The van der Waals surface area contributed by atoms with Crippen molar-refractivity contribution < 1.29 is 14.3 Å². The summed E-state index contributed by atoms with van der Waals surface area (Å²) in [5, 5.41) is 4.12. The molecule has 0 saturated carbocycles. The molecule has 0 aliphatic carbocycles. The van der Waals surface area contributed by atoms with Gasteiger partial charge in [0.15, 0.2) is 0 Å².